The SMILES string of the molecule is CC(C)C(C)C1C=CCC1. The Morgan fingerprint density at radius 3 is 2.40 bits per heavy atom. The molecule has 2 unspecified atom stereocenters. The maximum Gasteiger partial charge on any atom is -0.0202 e. The molecule has 1 aliphatic rings. The van der Waals surface area contributed by atoms with Crippen LogP contribution in [0.5, 0.6) is 0 Å². The van der Waals surface area contributed by atoms with Gasteiger partial charge < -0.3 is 0 Å². The van der Waals surface area contributed by atoms with Gasteiger partial charge in [-0.15, -0.1) is 0 Å². The van der Waals surface area contributed by atoms with E-state index in [1.807, 2.05) is 0 Å². The van der Waals surface area contributed by atoms with E-state index >= 15 is 0 Å². The monoisotopic (exact) mass is 138 g/mol. The van der Waals surface area contributed by atoms with Crippen molar-refractivity contribution in [2.45, 2.75) is 33.6 Å². The maximum atomic E-state index is 2.39. The molecule has 0 nitrogen and oxygen atoms in total. The lowest BCUT2D eigenvalue weighted by molar-refractivity contribution is 0.321. The summed E-state index contributed by atoms with van der Waals surface area (Å²) in [6.07, 6.45) is 7.41. The summed E-state index contributed by atoms with van der Waals surface area (Å²) in [5.74, 6) is 2.59. The number of hydrogen-bond donors (Lipinski definition) is 0. The van der Waals surface area contributed by atoms with Crippen molar-refractivity contribution in [1.82, 2.24) is 0 Å². The van der Waals surface area contributed by atoms with Crippen LogP contribution in [-0.2, 0) is 0 Å². The third kappa shape index (κ3) is 1.62. The fraction of sp³-hybridized carbons (Fsp3) is 0.800. The van der Waals surface area contributed by atoms with Crippen LogP contribution in [0.4, 0.5) is 0 Å². The van der Waals surface area contributed by atoms with Gasteiger partial charge in [-0.3, -0.25) is 0 Å². The van der Waals surface area contributed by atoms with Gasteiger partial charge in [-0.2, -0.15) is 0 Å². The normalized spacial score (nSPS) is 27.8. The maximum absolute atomic E-state index is 2.39. The van der Waals surface area contributed by atoms with Crippen LogP contribution >= 0.6 is 0 Å². The molecule has 0 radical (unpaired) electrons. The van der Waals surface area contributed by atoms with Crippen molar-refractivity contribution >= 4 is 0 Å². The van der Waals surface area contributed by atoms with Crippen LogP contribution in [0.25, 0.3) is 0 Å². The molecule has 1 aliphatic carbocycles. The fourth-order valence-corrected chi connectivity index (χ4v) is 1.59. The van der Waals surface area contributed by atoms with E-state index in [9.17, 15) is 0 Å². The average molecular weight is 138 g/mol. The molecular weight excluding hydrogens is 120 g/mol. The van der Waals surface area contributed by atoms with Crippen LogP contribution in [0.3, 0.4) is 0 Å². The molecule has 0 spiro atoms. The highest BCUT2D eigenvalue weighted by Gasteiger charge is 2.19. The molecule has 1 rings (SSSR count). The lowest BCUT2D eigenvalue weighted by Crippen LogP contribution is -2.12. The van der Waals surface area contributed by atoms with Gasteiger partial charge in [-0.05, 0) is 30.6 Å². The Kier molecular flexibility index (Phi) is 2.53. The van der Waals surface area contributed by atoms with Crippen molar-refractivity contribution in [3.8, 4) is 0 Å². The zero-order chi connectivity index (χ0) is 7.56. The standard InChI is InChI=1S/C10H18/c1-8(2)9(3)10-6-4-5-7-10/h4,6,8-10H,5,7H2,1-3H3. The molecule has 2 atom stereocenters. The lowest BCUT2D eigenvalue weighted by atomic mass is 9.85. The first-order chi connectivity index (χ1) is 4.72. The predicted octanol–water partition coefficient (Wildman–Crippen LogP) is 3.24. The number of allylic oxidation sites excluding steroid dienone is 2. The summed E-state index contributed by atoms with van der Waals surface area (Å²) in [4.78, 5) is 0. The Morgan fingerprint density at radius 2 is 2.00 bits per heavy atom. The summed E-state index contributed by atoms with van der Waals surface area (Å²) in [5, 5.41) is 0. The number of hydrogen-bond acceptors (Lipinski definition) is 0. The highest BCUT2D eigenvalue weighted by atomic mass is 14.2. The molecule has 0 amide bonds. The van der Waals surface area contributed by atoms with Crippen molar-refractivity contribution in [2.24, 2.45) is 17.8 Å². The molecule has 0 fully saturated rings. The van der Waals surface area contributed by atoms with Crippen LogP contribution in [-0.4, -0.2) is 0 Å². The second-order valence-corrected chi connectivity index (χ2v) is 3.77. The largest absolute Gasteiger partial charge is 0.0882 e. The minimum Gasteiger partial charge on any atom is -0.0882 e. The van der Waals surface area contributed by atoms with Gasteiger partial charge in [0.1, 0.15) is 0 Å². The van der Waals surface area contributed by atoms with Crippen LogP contribution < -0.4 is 0 Å². The van der Waals surface area contributed by atoms with E-state index < -0.39 is 0 Å². The molecule has 0 saturated carbocycles. The van der Waals surface area contributed by atoms with Gasteiger partial charge in [0.2, 0.25) is 0 Å². The van der Waals surface area contributed by atoms with Gasteiger partial charge in [0, 0.05) is 0 Å². The summed E-state index contributed by atoms with van der Waals surface area (Å²) in [5.41, 5.74) is 0. The van der Waals surface area contributed by atoms with Crippen molar-refractivity contribution in [3.63, 3.8) is 0 Å². The highest BCUT2D eigenvalue weighted by molar-refractivity contribution is 4.98. The molecule has 0 aromatic heterocycles. The Bertz CT molecular complexity index is 122. The third-order valence-corrected chi connectivity index (χ3v) is 2.78. The quantitative estimate of drug-likeness (QED) is 0.514. The second-order valence-electron chi connectivity index (χ2n) is 3.77. The molecule has 0 saturated heterocycles. The third-order valence-electron chi connectivity index (χ3n) is 2.78. The van der Waals surface area contributed by atoms with Gasteiger partial charge in [-0.1, -0.05) is 32.9 Å². The van der Waals surface area contributed by atoms with E-state index in [0.29, 0.717) is 0 Å². The molecule has 0 aromatic carbocycles. The van der Waals surface area contributed by atoms with E-state index in [0.717, 1.165) is 17.8 Å². The topological polar surface area (TPSA) is 0 Å². The van der Waals surface area contributed by atoms with E-state index in [2.05, 4.69) is 32.9 Å². The zero-order valence-electron chi connectivity index (χ0n) is 7.30. The van der Waals surface area contributed by atoms with Crippen LogP contribution in [0.1, 0.15) is 33.6 Å². The van der Waals surface area contributed by atoms with Gasteiger partial charge in [-0.25, -0.2) is 0 Å². The molecule has 0 aliphatic heterocycles. The lowest BCUT2D eigenvalue weighted by Gasteiger charge is -2.20. The molecule has 0 heteroatoms. The molecular formula is C10H18. The predicted molar refractivity (Wildman–Crippen MR) is 45.9 cm³/mol. The van der Waals surface area contributed by atoms with E-state index in [4.69, 9.17) is 0 Å². The minimum atomic E-state index is 0.841. The number of rotatable bonds is 2. The molecule has 0 heterocycles. The Labute approximate surface area is 64.3 Å². The summed E-state index contributed by atoms with van der Waals surface area (Å²) in [7, 11) is 0. The molecule has 58 valence electrons. The van der Waals surface area contributed by atoms with Crippen LogP contribution in [0.15, 0.2) is 12.2 Å². The summed E-state index contributed by atoms with van der Waals surface area (Å²) in [6.45, 7) is 7.00. The van der Waals surface area contributed by atoms with Gasteiger partial charge in [0.15, 0.2) is 0 Å². The Balaban J connectivity index is 2.40. The van der Waals surface area contributed by atoms with E-state index in [1.165, 1.54) is 12.8 Å². The van der Waals surface area contributed by atoms with Crippen LogP contribution in [0.2, 0.25) is 0 Å². The van der Waals surface area contributed by atoms with E-state index in [1.54, 1.807) is 0 Å². The first-order valence-corrected chi connectivity index (χ1v) is 4.38. The molecule has 0 N–H and O–H groups in total. The smallest absolute Gasteiger partial charge is 0.0202 e. The van der Waals surface area contributed by atoms with E-state index in [-0.39, 0.29) is 0 Å². The van der Waals surface area contributed by atoms with Gasteiger partial charge in [0.05, 0.1) is 0 Å². The molecule has 10 heavy (non-hydrogen) atoms. The first-order valence-electron chi connectivity index (χ1n) is 4.38. The minimum absolute atomic E-state index is 0.841. The summed E-state index contributed by atoms with van der Waals surface area (Å²) < 4.78 is 0. The van der Waals surface area contributed by atoms with Gasteiger partial charge >= 0.3 is 0 Å². The van der Waals surface area contributed by atoms with Crippen molar-refractivity contribution in [3.05, 3.63) is 12.2 Å². The van der Waals surface area contributed by atoms with Crippen molar-refractivity contribution in [1.29, 1.82) is 0 Å². The summed E-state index contributed by atoms with van der Waals surface area (Å²) in [6, 6.07) is 0. The van der Waals surface area contributed by atoms with Crippen LogP contribution in [0, 0.1) is 17.8 Å². The Morgan fingerprint density at radius 1 is 1.30 bits per heavy atom. The molecule has 0 bridgehead atoms. The zero-order valence-corrected chi connectivity index (χ0v) is 7.30. The second kappa shape index (κ2) is 3.23. The Hall–Kier alpha value is -0.260. The highest BCUT2D eigenvalue weighted by Crippen LogP contribution is 2.29. The first kappa shape index (κ1) is 7.84. The van der Waals surface area contributed by atoms with Crippen molar-refractivity contribution in [2.75, 3.05) is 0 Å². The average Bonchev–Trinajstić information content (AvgIpc) is 2.36. The fourth-order valence-electron chi connectivity index (χ4n) is 1.59. The van der Waals surface area contributed by atoms with Crippen molar-refractivity contribution < 1.29 is 0 Å². The molecule has 0 aromatic rings. The summed E-state index contributed by atoms with van der Waals surface area (Å²) >= 11 is 0. The van der Waals surface area contributed by atoms with Gasteiger partial charge in [0.25, 0.3) is 0 Å².